The Hall–Kier alpha value is -2.02. The number of benzene rings is 2. The summed E-state index contributed by atoms with van der Waals surface area (Å²) in [5.74, 6) is -0.0742. The van der Waals surface area contributed by atoms with Gasteiger partial charge >= 0.3 is 0 Å². The quantitative estimate of drug-likeness (QED) is 0.583. The lowest BCUT2D eigenvalue weighted by Gasteiger charge is -2.34. The fourth-order valence-electron chi connectivity index (χ4n) is 2.91. The Morgan fingerprint density at radius 1 is 1.00 bits per heavy atom. The number of hydrogen-bond acceptors (Lipinski definition) is 4. The summed E-state index contributed by atoms with van der Waals surface area (Å²) in [4.78, 5) is 16.6. The molecule has 26 heavy (non-hydrogen) atoms. The SMILES string of the molecule is O=C(CN1CCN(Cc2ccccc2)CC1)N/N=C\c1ccc(Br)cc1. The van der Waals surface area contributed by atoms with Crippen LogP contribution in [0.25, 0.3) is 0 Å². The van der Waals surface area contributed by atoms with E-state index in [9.17, 15) is 4.79 Å². The predicted octanol–water partition coefficient (Wildman–Crippen LogP) is 2.72. The van der Waals surface area contributed by atoms with Crippen LogP contribution < -0.4 is 5.43 Å². The number of carbonyl (C=O) groups excluding carboxylic acids is 1. The van der Waals surface area contributed by atoms with E-state index in [4.69, 9.17) is 0 Å². The molecule has 0 saturated carbocycles. The van der Waals surface area contributed by atoms with Crippen molar-refractivity contribution in [3.63, 3.8) is 0 Å². The third kappa shape index (κ3) is 6.05. The fourth-order valence-corrected chi connectivity index (χ4v) is 3.18. The Morgan fingerprint density at radius 2 is 1.65 bits per heavy atom. The van der Waals surface area contributed by atoms with Crippen molar-refractivity contribution in [3.05, 3.63) is 70.2 Å². The molecule has 1 saturated heterocycles. The highest BCUT2D eigenvalue weighted by molar-refractivity contribution is 9.10. The molecule has 1 N–H and O–H groups in total. The number of hydrogen-bond donors (Lipinski definition) is 1. The molecule has 1 heterocycles. The normalized spacial score (nSPS) is 16.0. The Balaban J connectivity index is 1.37. The minimum absolute atomic E-state index is 0.0742. The van der Waals surface area contributed by atoms with Gasteiger partial charge in [0, 0.05) is 37.2 Å². The maximum Gasteiger partial charge on any atom is 0.254 e. The highest BCUT2D eigenvalue weighted by Crippen LogP contribution is 2.09. The van der Waals surface area contributed by atoms with E-state index in [1.807, 2.05) is 30.3 Å². The Morgan fingerprint density at radius 3 is 2.35 bits per heavy atom. The molecule has 0 aliphatic carbocycles. The second kappa shape index (κ2) is 9.62. The molecule has 1 amide bonds. The zero-order chi connectivity index (χ0) is 18.2. The summed E-state index contributed by atoms with van der Waals surface area (Å²) in [6.07, 6.45) is 1.65. The van der Waals surface area contributed by atoms with Crippen molar-refractivity contribution in [1.82, 2.24) is 15.2 Å². The second-order valence-electron chi connectivity index (χ2n) is 6.38. The lowest BCUT2D eigenvalue weighted by molar-refractivity contribution is -0.122. The molecule has 6 heteroatoms. The van der Waals surface area contributed by atoms with Gasteiger partial charge in [0.15, 0.2) is 0 Å². The molecular weight excluding hydrogens is 392 g/mol. The van der Waals surface area contributed by atoms with Crippen molar-refractivity contribution in [2.75, 3.05) is 32.7 Å². The third-order valence-corrected chi connectivity index (χ3v) is 4.88. The first-order chi connectivity index (χ1) is 12.7. The van der Waals surface area contributed by atoms with Crippen LogP contribution in [0, 0.1) is 0 Å². The van der Waals surface area contributed by atoms with Crippen LogP contribution in [-0.2, 0) is 11.3 Å². The van der Waals surface area contributed by atoms with Gasteiger partial charge in [0.1, 0.15) is 0 Å². The largest absolute Gasteiger partial charge is 0.297 e. The molecule has 0 unspecified atom stereocenters. The molecular formula is C20H23BrN4O. The highest BCUT2D eigenvalue weighted by Gasteiger charge is 2.18. The van der Waals surface area contributed by atoms with Crippen molar-refractivity contribution in [2.45, 2.75) is 6.54 Å². The van der Waals surface area contributed by atoms with E-state index in [1.54, 1.807) is 6.21 Å². The van der Waals surface area contributed by atoms with Crippen LogP contribution in [0.5, 0.6) is 0 Å². The number of piperazine rings is 1. The predicted molar refractivity (Wildman–Crippen MR) is 108 cm³/mol. The van der Waals surface area contributed by atoms with Crippen molar-refractivity contribution < 1.29 is 4.79 Å². The van der Waals surface area contributed by atoms with Gasteiger partial charge in [-0.3, -0.25) is 14.6 Å². The molecule has 136 valence electrons. The summed E-state index contributed by atoms with van der Waals surface area (Å²) in [7, 11) is 0. The van der Waals surface area contributed by atoms with Gasteiger partial charge in [-0.25, -0.2) is 5.43 Å². The Kier molecular flexibility index (Phi) is 6.94. The average molecular weight is 415 g/mol. The van der Waals surface area contributed by atoms with Crippen molar-refractivity contribution in [1.29, 1.82) is 0 Å². The first kappa shape index (κ1) is 18.8. The summed E-state index contributed by atoms with van der Waals surface area (Å²) >= 11 is 3.39. The molecule has 3 rings (SSSR count). The third-order valence-electron chi connectivity index (χ3n) is 4.35. The molecule has 2 aromatic rings. The Bertz CT molecular complexity index is 725. The molecule has 0 radical (unpaired) electrons. The summed E-state index contributed by atoms with van der Waals surface area (Å²) in [5.41, 5.74) is 4.89. The van der Waals surface area contributed by atoms with E-state index in [0.717, 1.165) is 42.8 Å². The zero-order valence-corrected chi connectivity index (χ0v) is 16.2. The molecule has 0 atom stereocenters. The van der Waals surface area contributed by atoms with Gasteiger partial charge in [0.2, 0.25) is 0 Å². The van der Waals surface area contributed by atoms with Crippen molar-refractivity contribution >= 4 is 28.1 Å². The van der Waals surface area contributed by atoms with Gasteiger partial charge in [-0.05, 0) is 23.3 Å². The number of amides is 1. The van der Waals surface area contributed by atoms with Gasteiger partial charge < -0.3 is 0 Å². The zero-order valence-electron chi connectivity index (χ0n) is 14.6. The number of rotatable bonds is 6. The van der Waals surface area contributed by atoms with Crippen LogP contribution in [0.2, 0.25) is 0 Å². The van der Waals surface area contributed by atoms with Crippen LogP contribution in [0.4, 0.5) is 0 Å². The van der Waals surface area contributed by atoms with Gasteiger partial charge in [-0.2, -0.15) is 5.10 Å². The van der Waals surface area contributed by atoms with E-state index in [-0.39, 0.29) is 5.91 Å². The van der Waals surface area contributed by atoms with E-state index in [0.29, 0.717) is 6.54 Å². The van der Waals surface area contributed by atoms with E-state index in [2.05, 4.69) is 60.5 Å². The van der Waals surface area contributed by atoms with Gasteiger partial charge in [-0.1, -0.05) is 58.4 Å². The monoisotopic (exact) mass is 414 g/mol. The fraction of sp³-hybridized carbons (Fsp3) is 0.300. The number of nitrogens with zero attached hydrogens (tertiary/aromatic N) is 3. The van der Waals surface area contributed by atoms with Gasteiger partial charge in [0.25, 0.3) is 5.91 Å². The molecule has 0 bridgehead atoms. The molecule has 1 fully saturated rings. The van der Waals surface area contributed by atoms with Crippen molar-refractivity contribution in [3.8, 4) is 0 Å². The van der Waals surface area contributed by atoms with Gasteiger partial charge in [0.05, 0.1) is 12.8 Å². The van der Waals surface area contributed by atoms with Crippen LogP contribution >= 0.6 is 15.9 Å². The van der Waals surface area contributed by atoms with Crippen LogP contribution in [-0.4, -0.2) is 54.6 Å². The van der Waals surface area contributed by atoms with Crippen LogP contribution in [0.3, 0.4) is 0 Å². The average Bonchev–Trinajstić information content (AvgIpc) is 2.66. The lowest BCUT2D eigenvalue weighted by Crippen LogP contribution is -2.48. The topological polar surface area (TPSA) is 47.9 Å². The highest BCUT2D eigenvalue weighted by atomic mass is 79.9. The first-order valence-electron chi connectivity index (χ1n) is 8.75. The number of nitrogens with one attached hydrogen (secondary N) is 1. The van der Waals surface area contributed by atoms with E-state index in [1.165, 1.54) is 5.56 Å². The second-order valence-corrected chi connectivity index (χ2v) is 7.30. The molecule has 5 nitrogen and oxygen atoms in total. The molecule has 0 aromatic heterocycles. The first-order valence-corrected chi connectivity index (χ1v) is 9.54. The molecule has 1 aliphatic rings. The maximum absolute atomic E-state index is 12.0. The van der Waals surface area contributed by atoms with Crippen LogP contribution in [0.1, 0.15) is 11.1 Å². The number of carbonyl (C=O) groups is 1. The molecule has 1 aliphatic heterocycles. The molecule has 0 spiro atoms. The minimum atomic E-state index is -0.0742. The van der Waals surface area contributed by atoms with Gasteiger partial charge in [-0.15, -0.1) is 0 Å². The summed E-state index contributed by atoms with van der Waals surface area (Å²) in [6, 6.07) is 18.3. The van der Waals surface area contributed by atoms with Crippen molar-refractivity contribution in [2.24, 2.45) is 5.10 Å². The van der Waals surface area contributed by atoms with Crippen LogP contribution in [0.15, 0.2) is 64.2 Å². The standard InChI is InChI=1S/C20H23BrN4O/c21-19-8-6-17(7-9-19)14-22-23-20(26)16-25-12-10-24(11-13-25)15-18-4-2-1-3-5-18/h1-9,14H,10-13,15-16H2,(H,23,26)/b22-14-. The summed E-state index contributed by atoms with van der Waals surface area (Å²) in [6.45, 7) is 5.11. The Labute approximate surface area is 162 Å². The minimum Gasteiger partial charge on any atom is -0.297 e. The smallest absolute Gasteiger partial charge is 0.254 e. The summed E-state index contributed by atoms with van der Waals surface area (Å²) in [5, 5.41) is 4.03. The number of hydrazone groups is 1. The number of halogens is 1. The maximum atomic E-state index is 12.0. The lowest BCUT2D eigenvalue weighted by atomic mass is 10.2. The summed E-state index contributed by atoms with van der Waals surface area (Å²) < 4.78 is 1.02. The van der Waals surface area contributed by atoms with E-state index >= 15 is 0 Å². The molecule has 2 aromatic carbocycles. The van der Waals surface area contributed by atoms with E-state index < -0.39 is 0 Å².